The summed E-state index contributed by atoms with van der Waals surface area (Å²) in [5.41, 5.74) is 0.909. The van der Waals surface area contributed by atoms with Crippen LogP contribution in [0.25, 0.3) is 0 Å². The lowest BCUT2D eigenvalue weighted by Crippen LogP contribution is -2.24. The fourth-order valence-electron chi connectivity index (χ4n) is 1.32. The molecular formula is C10H14ClNO5S2. The number of benzene rings is 1. The molecule has 0 radical (unpaired) electrons. The number of nitrogens with zero attached hydrogens (tertiary/aromatic N) is 1. The van der Waals surface area contributed by atoms with Crippen molar-refractivity contribution in [3.8, 4) is 0 Å². The zero-order valence-corrected chi connectivity index (χ0v) is 12.5. The molecule has 0 aliphatic carbocycles. The van der Waals surface area contributed by atoms with Crippen LogP contribution >= 0.6 is 11.8 Å². The predicted molar refractivity (Wildman–Crippen MR) is 72.0 cm³/mol. The van der Waals surface area contributed by atoms with Gasteiger partial charge in [0.1, 0.15) is 0 Å². The van der Waals surface area contributed by atoms with Gasteiger partial charge >= 0.3 is 0 Å². The molecule has 0 unspecified atom stereocenters. The van der Waals surface area contributed by atoms with Crippen LogP contribution in [0, 0.1) is 6.92 Å². The van der Waals surface area contributed by atoms with E-state index in [2.05, 4.69) is 0 Å². The Balaban J connectivity index is 2.75. The minimum absolute atomic E-state index is 0.0277. The third kappa shape index (κ3) is 5.07. The van der Waals surface area contributed by atoms with Crippen LogP contribution in [-0.4, -0.2) is 37.5 Å². The molecule has 1 rings (SSSR count). The molecule has 108 valence electrons. The monoisotopic (exact) mass is 327 g/mol. The summed E-state index contributed by atoms with van der Waals surface area (Å²) in [6.07, 6.45) is -0.0899. The van der Waals surface area contributed by atoms with Gasteiger partial charge in [-0.25, -0.2) is 8.42 Å². The van der Waals surface area contributed by atoms with E-state index in [1.165, 1.54) is 12.1 Å². The Bertz CT molecular complexity index is 624. The first kappa shape index (κ1) is 16.4. The van der Waals surface area contributed by atoms with E-state index in [1.807, 2.05) is 6.92 Å². The van der Waals surface area contributed by atoms with Crippen LogP contribution in [0.2, 0.25) is 0 Å². The molecule has 0 saturated carbocycles. The van der Waals surface area contributed by atoms with Crippen molar-refractivity contribution in [1.29, 1.82) is 0 Å². The van der Waals surface area contributed by atoms with Crippen LogP contribution in [0.15, 0.2) is 29.2 Å². The first-order valence-electron chi connectivity index (χ1n) is 5.33. The molecule has 0 aromatic heterocycles. The number of rotatable bonds is 6. The zero-order chi connectivity index (χ0) is 14.7. The summed E-state index contributed by atoms with van der Waals surface area (Å²) in [5, 5.41) is 0. The smallest absolute Gasteiger partial charge is 0.264 e. The molecule has 9 heteroatoms. The second kappa shape index (κ2) is 6.19. The molecule has 19 heavy (non-hydrogen) atoms. The highest BCUT2D eigenvalue weighted by atomic mass is 35.5. The van der Waals surface area contributed by atoms with E-state index in [1.54, 1.807) is 12.1 Å². The quantitative estimate of drug-likeness (QED) is 0.630. The number of hydrogen-bond donors (Lipinski definition) is 1. The van der Waals surface area contributed by atoms with Crippen molar-refractivity contribution >= 4 is 31.9 Å². The maximum absolute atomic E-state index is 12.0. The summed E-state index contributed by atoms with van der Waals surface area (Å²) in [7, 11) is -7.97. The number of sulfonamides is 1. The van der Waals surface area contributed by atoms with E-state index in [-0.39, 0.29) is 17.9 Å². The molecule has 0 spiro atoms. The Morgan fingerprint density at radius 1 is 1.16 bits per heavy atom. The van der Waals surface area contributed by atoms with E-state index < -0.39 is 25.9 Å². The SMILES string of the molecule is Cc1ccc(S(=O)(=O)N(Cl)CCCS(=O)(=O)O)cc1. The number of aryl methyl sites for hydroxylation is 1. The third-order valence-electron chi connectivity index (χ3n) is 2.32. The standard InChI is InChI=1S/C10H14ClNO5S2/c1-9-3-5-10(6-4-9)19(16,17)12(11)7-2-8-18(13,14)15/h3-6H,2,7-8H2,1H3,(H,13,14,15). The Labute approximate surface area is 117 Å². The first-order chi connectivity index (χ1) is 8.63. The fourth-order valence-corrected chi connectivity index (χ4v) is 3.25. The zero-order valence-electron chi connectivity index (χ0n) is 10.2. The molecule has 0 bridgehead atoms. The van der Waals surface area contributed by atoms with Gasteiger partial charge in [-0.15, -0.1) is 3.82 Å². The normalized spacial score (nSPS) is 12.8. The Morgan fingerprint density at radius 3 is 2.16 bits per heavy atom. The summed E-state index contributed by atoms with van der Waals surface area (Å²) in [6, 6.07) is 6.11. The van der Waals surface area contributed by atoms with Crippen molar-refractivity contribution in [2.45, 2.75) is 18.2 Å². The van der Waals surface area contributed by atoms with Gasteiger partial charge in [-0.3, -0.25) is 4.55 Å². The second-order valence-corrected chi connectivity index (χ2v) is 8.01. The maximum atomic E-state index is 12.0. The summed E-state index contributed by atoms with van der Waals surface area (Å²) < 4.78 is 54.1. The largest absolute Gasteiger partial charge is 0.286 e. The highest BCUT2D eigenvalue weighted by Gasteiger charge is 2.22. The minimum Gasteiger partial charge on any atom is -0.286 e. The highest BCUT2D eigenvalue weighted by molar-refractivity contribution is 7.90. The Kier molecular flexibility index (Phi) is 5.34. The molecule has 1 N–H and O–H groups in total. The van der Waals surface area contributed by atoms with Crippen molar-refractivity contribution in [3.63, 3.8) is 0 Å². The van der Waals surface area contributed by atoms with Gasteiger partial charge in [0.2, 0.25) is 0 Å². The Morgan fingerprint density at radius 2 is 1.68 bits per heavy atom. The highest BCUT2D eigenvalue weighted by Crippen LogP contribution is 2.18. The molecule has 0 saturated heterocycles. The van der Waals surface area contributed by atoms with Gasteiger partial charge in [0.25, 0.3) is 20.1 Å². The van der Waals surface area contributed by atoms with Crippen LogP contribution in [-0.2, 0) is 20.1 Å². The van der Waals surface area contributed by atoms with E-state index in [0.29, 0.717) is 3.82 Å². The lowest BCUT2D eigenvalue weighted by molar-refractivity contribution is 0.476. The molecule has 1 aromatic rings. The van der Waals surface area contributed by atoms with Crippen LogP contribution in [0.1, 0.15) is 12.0 Å². The van der Waals surface area contributed by atoms with E-state index in [4.69, 9.17) is 16.3 Å². The molecule has 0 fully saturated rings. The lowest BCUT2D eigenvalue weighted by atomic mass is 10.2. The van der Waals surface area contributed by atoms with Crippen LogP contribution < -0.4 is 0 Å². The van der Waals surface area contributed by atoms with Crippen LogP contribution in [0.3, 0.4) is 0 Å². The van der Waals surface area contributed by atoms with Crippen molar-refractivity contribution in [2.24, 2.45) is 0 Å². The molecule has 1 aromatic carbocycles. The molecule has 0 atom stereocenters. The summed E-state index contributed by atoms with van der Waals surface area (Å²) in [4.78, 5) is 0.0277. The van der Waals surface area contributed by atoms with Gasteiger partial charge in [0, 0.05) is 6.54 Å². The molecule has 0 amide bonds. The fraction of sp³-hybridized carbons (Fsp3) is 0.400. The third-order valence-corrected chi connectivity index (χ3v) is 5.41. The van der Waals surface area contributed by atoms with Gasteiger partial charge in [0.05, 0.1) is 10.6 Å². The second-order valence-electron chi connectivity index (χ2n) is 3.97. The van der Waals surface area contributed by atoms with Crippen molar-refractivity contribution in [2.75, 3.05) is 12.3 Å². The molecule has 6 nitrogen and oxygen atoms in total. The van der Waals surface area contributed by atoms with E-state index in [9.17, 15) is 16.8 Å². The van der Waals surface area contributed by atoms with Crippen LogP contribution in [0.4, 0.5) is 0 Å². The molecule has 0 aliphatic heterocycles. The Hall–Kier alpha value is -0.670. The summed E-state index contributed by atoms with van der Waals surface area (Å²) in [5.74, 6) is -0.542. The minimum atomic E-state index is -4.12. The van der Waals surface area contributed by atoms with Crippen LogP contribution in [0.5, 0.6) is 0 Å². The maximum Gasteiger partial charge on any atom is 0.264 e. The van der Waals surface area contributed by atoms with Gasteiger partial charge in [0.15, 0.2) is 0 Å². The average Bonchev–Trinajstić information content (AvgIpc) is 2.27. The molecule has 0 heterocycles. The number of halogens is 1. The molecule has 0 aliphatic rings. The van der Waals surface area contributed by atoms with Gasteiger partial charge in [-0.2, -0.15) is 8.42 Å². The van der Waals surface area contributed by atoms with Crippen molar-refractivity contribution in [1.82, 2.24) is 3.82 Å². The molecular weight excluding hydrogens is 314 g/mol. The average molecular weight is 328 g/mol. The summed E-state index contributed by atoms with van der Waals surface area (Å²) >= 11 is 5.64. The van der Waals surface area contributed by atoms with Gasteiger partial charge < -0.3 is 0 Å². The van der Waals surface area contributed by atoms with E-state index in [0.717, 1.165) is 5.56 Å². The van der Waals surface area contributed by atoms with Crippen molar-refractivity contribution in [3.05, 3.63) is 29.8 Å². The predicted octanol–water partition coefficient (Wildman–Crippen LogP) is 1.42. The van der Waals surface area contributed by atoms with Gasteiger partial charge in [-0.1, -0.05) is 17.7 Å². The van der Waals surface area contributed by atoms with Gasteiger partial charge in [-0.05, 0) is 37.3 Å². The lowest BCUT2D eigenvalue weighted by Gasteiger charge is -2.13. The summed E-state index contributed by atoms with van der Waals surface area (Å²) in [6.45, 7) is 1.61. The number of hydrogen-bond acceptors (Lipinski definition) is 4. The van der Waals surface area contributed by atoms with E-state index >= 15 is 0 Å². The van der Waals surface area contributed by atoms with Crippen molar-refractivity contribution < 1.29 is 21.4 Å². The topological polar surface area (TPSA) is 91.8 Å². The first-order valence-corrected chi connectivity index (χ1v) is 8.72.